The van der Waals surface area contributed by atoms with Crippen LogP contribution in [0.25, 0.3) is 0 Å². The van der Waals surface area contributed by atoms with Gasteiger partial charge in [0.05, 0.1) is 0 Å². The van der Waals surface area contributed by atoms with Crippen LogP contribution in [0.5, 0.6) is 0 Å². The second kappa shape index (κ2) is 7.47. The van der Waals surface area contributed by atoms with Gasteiger partial charge in [-0.2, -0.15) is 0 Å². The highest BCUT2D eigenvalue weighted by molar-refractivity contribution is 5.80. The van der Waals surface area contributed by atoms with Gasteiger partial charge in [0.1, 0.15) is 0 Å². The molecule has 4 heteroatoms. The number of hydrogen-bond donors (Lipinski definition) is 2. The summed E-state index contributed by atoms with van der Waals surface area (Å²) in [6.07, 6.45) is 13.2. The molecule has 2 amide bonds. The van der Waals surface area contributed by atoms with E-state index in [9.17, 15) is 9.59 Å². The first-order valence-corrected chi connectivity index (χ1v) is 9.35. The van der Waals surface area contributed by atoms with E-state index < -0.39 is 0 Å². The number of carbonyl (C=O) groups excluding carboxylic acids is 2. The SMILES string of the molecule is O=C(NC1CCCCC1NC(=O)C1CCCC1)C1CCCC1. The Bertz CT molecular complexity index is 360. The average molecular weight is 306 g/mol. The zero-order valence-electron chi connectivity index (χ0n) is 13.6. The fourth-order valence-corrected chi connectivity index (χ4v) is 4.45. The van der Waals surface area contributed by atoms with Gasteiger partial charge in [-0.1, -0.05) is 38.5 Å². The van der Waals surface area contributed by atoms with Gasteiger partial charge in [0.15, 0.2) is 0 Å². The Morgan fingerprint density at radius 1 is 0.545 bits per heavy atom. The van der Waals surface area contributed by atoms with Crippen LogP contribution in [0.1, 0.15) is 77.0 Å². The molecule has 4 nitrogen and oxygen atoms in total. The first-order valence-electron chi connectivity index (χ1n) is 9.35. The van der Waals surface area contributed by atoms with Crippen molar-refractivity contribution in [2.45, 2.75) is 89.1 Å². The smallest absolute Gasteiger partial charge is 0.223 e. The lowest BCUT2D eigenvalue weighted by molar-refractivity contribution is -0.128. The van der Waals surface area contributed by atoms with Crippen molar-refractivity contribution in [1.29, 1.82) is 0 Å². The Labute approximate surface area is 133 Å². The van der Waals surface area contributed by atoms with Gasteiger partial charge >= 0.3 is 0 Å². The number of amides is 2. The summed E-state index contributed by atoms with van der Waals surface area (Å²) < 4.78 is 0. The molecule has 0 spiro atoms. The van der Waals surface area contributed by atoms with Gasteiger partial charge in [0.2, 0.25) is 11.8 Å². The van der Waals surface area contributed by atoms with E-state index in [0.717, 1.165) is 51.4 Å². The lowest BCUT2D eigenvalue weighted by atomic mass is 9.89. The van der Waals surface area contributed by atoms with Gasteiger partial charge in [0, 0.05) is 23.9 Å². The first kappa shape index (κ1) is 15.8. The van der Waals surface area contributed by atoms with E-state index in [2.05, 4.69) is 10.6 Å². The molecular formula is C18H30N2O2. The molecule has 2 N–H and O–H groups in total. The third-order valence-electron chi connectivity index (χ3n) is 5.87. The van der Waals surface area contributed by atoms with Crippen molar-refractivity contribution in [3.8, 4) is 0 Å². The van der Waals surface area contributed by atoms with Crippen LogP contribution in [-0.2, 0) is 9.59 Å². The van der Waals surface area contributed by atoms with Crippen LogP contribution in [-0.4, -0.2) is 23.9 Å². The molecule has 0 saturated heterocycles. The molecule has 3 aliphatic rings. The zero-order chi connectivity index (χ0) is 15.4. The van der Waals surface area contributed by atoms with Crippen molar-refractivity contribution < 1.29 is 9.59 Å². The Hall–Kier alpha value is -1.06. The van der Waals surface area contributed by atoms with Crippen LogP contribution < -0.4 is 10.6 Å². The van der Waals surface area contributed by atoms with E-state index in [4.69, 9.17) is 0 Å². The molecule has 0 aromatic rings. The lowest BCUT2D eigenvalue weighted by Gasteiger charge is -2.34. The number of rotatable bonds is 4. The fourth-order valence-electron chi connectivity index (χ4n) is 4.45. The zero-order valence-corrected chi connectivity index (χ0v) is 13.6. The van der Waals surface area contributed by atoms with Crippen molar-refractivity contribution in [3.05, 3.63) is 0 Å². The molecule has 3 rings (SSSR count). The fraction of sp³-hybridized carbons (Fsp3) is 0.889. The van der Waals surface area contributed by atoms with Gasteiger partial charge in [-0.25, -0.2) is 0 Å². The largest absolute Gasteiger partial charge is 0.351 e. The van der Waals surface area contributed by atoms with E-state index in [1.807, 2.05) is 0 Å². The van der Waals surface area contributed by atoms with Gasteiger partial charge in [-0.15, -0.1) is 0 Å². The highest BCUT2D eigenvalue weighted by Gasteiger charge is 2.32. The minimum atomic E-state index is 0.146. The Balaban J connectivity index is 1.53. The molecule has 0 bridgehead atoms. The van der Waals surface area contributed by atoms with Crippen LogP contribution in [0.3, 0.4) is 0 Å². The minimum Gasteiger partial charge on any atom is -0.351 e. The molecule has 0 heterocycles. The molecule has 2 atom stereocenters. The summed E-state index contributed by atoms with van der Waals surface area (Å²) in [6.45, 7) is 0. The van der Waals surface area contributed by atoms with Gasteiger partial charge in [-0.3, -0.25) is 9.59 Å². The van der Waals surface area contributed by atoms with E-state index >= 15 is 0 Å². The van der Waals surface area contributed by atoms with Crippen LogP contribution >= 0.6 is 0 Å². The van der Waals surface area contributed by atoms with Crippen molar-refractivity contribution in [2.24, 2.45) is 11.8 Å². The molecule has 2 unspecified atom stereocenters. The van der Waals surface area contributed by atoms with Gasteiger partial charge < -0.3 is 10.6 Å². The number of carbonyl (C=O) groups is 2. The molecule has 22 heavy (non-hydrogen) atoms. The monoisotopic (exact) mass is 306 g/mol. The van der Waals surface area contributed by atoms with E-state index in [1.165, 1.54) is 25.7 Å². The Kier molecular flexibility index (Phi) is 5.37. The summed E-state index contributed by atoms with van der Waals surface area (Å²) in [4.78, 5) is 24.8. The molecule has 0 aromatic heterocycles. The van der Waals surface area contributed by atoms with Crippen LogP contribution in [0, 0.1) is 11.8 Å². The predicted molar refractivity (Wildman–Crippen MR) is 86.2 cm³/mol. The summed E-state index contributed by atoms with van der Waals surface area (Å²) in [6, 6.07) is 0.291. The number of hydrogen-bond acceptors (Lipinski definition) is 2. The lowest BCUT2D eigenvalue weighted by Crippen LogP contribution is -2.54. The van der Waals surface area contributed by atoms with E-state index in [1.54, 1.807) is 0 Å². The standard InChI is InChI=1S/C18H30N2O2/c21-17(13-7-1-2-8-13)19-15-11-5-6-12-16(15)20-18(22)14-9-3-4-10-14/h13-16H,1-12H2,(H,19,21)(H,20,22). The van der Waals surface area contributed by atoms with Crippen LogP contribution in [0.15, 0.2) is 0 Å². The summed E-state index contributed by atoms with van der Waals surface area (Å²) in [7, 11) is 0. The Morgan fingerprint density at radius 2 is 0.864 bits per heavy atom. The minimum absolute atomic E-state index is 0.146. The quantitative estimate of drug-likeness (QED) is 0.839. The predicted octanol–water partition coefficient (Wildman–Crippen LogP) is 2.91. The van der Waals surface area contributed by atoms with E-state index in [0.29, 0.717) is 0 Å². The molecule has 0 aromatic carbocycles. The van der Waals surface area contributed by atoms with Crippen LogP contribution in [0.2, 0.25) is 0 Å². The van der Waals surface area contributed by atoms with Crippen LogP contribution in [0.4, 0.5) is 0 Å². The summed E-state index contributed by atoms with van der Waals surface area (Å²) >= 11 is 0. The van der Waals surface area contributed by atoms with Crippen molar-refractivity contribution in [3.63, 3.8) is 0 Å². The first-order chi connectivity index (χ1) is 10.7. The van der Waals surface area contributed by atoms with Crippen molar-refractivity contribution in [2.75, 3.05) is 0 Å². The van der Waals surface area contributed by atoms with Gasteiger partial charge in [-0.05, 0) is 38.5 Å². The molecule has 0 aliphatic heterocycles. The summed E-state index contributed by atoms with van der Waals surface area (Å²) in [5.74, 6) is 0.884. The van der Waals surface area contributed by atoms with Crippen molar-refractivity contribution >= 4 is 11.8 Å². The molecule has 3 saturated carbocycles. The summed E-state index contributed by atoms with van der Waals surface area (Å²) in [5, 5.41) is 6.51. The highest BCUT2D eigenvalue weighted by atomic mass is 16.2. The second-order valence-electron chi connectivity index (χ2n) is 7.48. The number of nitrogens with one attached hydrogen (secondary N) is 2. The molecule has 124 valence electrons. The molecule has 0 radical (unpaired) electrons. The summed E-state index contributed by atoms with van der Waals surface area (Å²) in [5.41, 5.74) is 0. The molecule has 3 aliphatic carbocycles. The molecule has 3 fully saturated rings. The maximum Gasteiger partial charge on any atom is 0.223 e. The molecular weight excluding hydrogens is 276 g/mol. The maximum atomic E-state index is 12.4. The maximum absolute atomic E-state index is 12.4. The average Bonchev–Trinajstić information content (AvgIpc) is 3.23. The Morgan fingerprint density at radius 3 is 1.23 bits per heavy atom. The normalized spacial score (nSPS) is 30.4. The van der Waals surface area contributed by atoms with Crippen molar-refractivity contribution in [1.82, 2.24) is 10.6 Å². The topological polar surface area (TPSA) is 58.2 Å². The van der Waals surface area contributed by atoms with E-state index in [-0.39, 0.29) is 35.7 Å². The van der Waals surface area contributed by atoms with Gasteiger partial charge in [0.25, 0.3) is 0 Å². The third kappa shape index (κ3) is 3.82. The highest BCUT2D eigenvalue weighted by Crippen LogP contribution is 2.28. The second-order valence-corrected chi connectivity index (χ2v) is 7.48. The third-order valence-corrected chi connectivity index (χ3v) is 5.87.